The normalized spacial score (nSPS) is 11.1. The summed E-state index contributed by atoms with van der Waals surface area (Å²) >= 11 is 7.42. The van der Waals surface area contributed by atoms with Gasteiger partial charge >= 0.3 is 5.97 Å². The Bertz CT molecular complexity index is 991. The molecule has 7 heteroatoms. The quantitative estimate of drug-likeness (QED) is 0.786. The molecule has 0 fully saturated rings. The number of hydrogen-bond acceptors (Lipinski definition) is 4. The van der Waals surface area contributed by atoms with Crippen LogP contribution in [0.3, 0.4) is 0 Å². The summed E-state index contributed by atoms with van der Waals surface area (Å²) in [6.07, 6.45) is 0. The van der Waals surface area contributed by atoms with Crippen molar-refractivity contribution >= 4 is 39.1 Å². The van der Waals surface area contributed by atoms with E-state index in [2.05, 4.69) is 4.98 Å². The third-order valence-corrected chi connectivity index (χ3v) is 4.94. The van der Waals surface area contributed by atoms with Crippen LogP contribution in [-0.4, -0.2) is 20.6 Å². The van der Waals surface area contributed by atoms with Gasteiger partial charge in [-0.25, -0.2) is 4.98 Å². The monoisotopic (exact) mass is 348 g/mol. The molecule has 2 aromatic heterocycles. The largest absolute Gasteiger partial charge is 0.480 e. The summed E-state index contributed by atoms with van der Waals surface area (Å²) < 4.78 is 1.18. The third-order valence-electron chi connectivity index (χ3n) is 3.65. The zero-order valence-electron chi connectivity index (χ0n) is 12.5. The second-order valence-electron chi connectivity index (χ2n) is 5.24. The molecule has 0 saturated carbocycles. The van der Waals surface area contributed by atoms with Gasteiger partial charge in [0.05, 0.1) is 5.39 Å². The Morgan fingerprint density at radius 1 is 1.39 bits per heavy atom. The molecule has 1 aromatic carbocycles. The van der Waals surface area contributed by atoms with Crippen LogP contribution < -0.4 is 5.56 Å². The van der Waals surface area contributed by atoms with Crippen molar-refractivity contribution in [3.8, 4) is 11.1 Å². The highest BCUT2D eigenvalue weighted by molar-refractivity contribution is 7.17. The predicted octanol–water partition coefficient (Wildman–Crippen LogP) is 3.48. The molecule has 23 heavy (non-hydrogen) atoms. The van der Waals surface area contributed by atoms with Crippen LogP contribution in [0.15, 0.2) is 28.4 Å². The van der Waals surface area contributed by atoms with Gasteiger partial charge in [0.1, 0.15) is 17.2 Å². The molecule has 2 heterocycles. The number of benzene rings is 1. The van der Waals surface area contributed by atoms with Crippen LogP contribution in [0.5, 0.6) is 0 Å². The number of aliphatic carboxylic acids is 1. The minimum atomic E-state index is -1.07. The van der Waals surface area contributed by atoms with Gasteiger partial charge in [0.25, 0.3) is 5.56 Å². The van der Waals surface area contributed by atoms with Gasteiger partial charge in [-0.3, -0.25) is 14.2 Å². The highest BCUT2D eigenvalue weighted by Crippen LogP contribution is 2.32. The van der Waals surface area contributed by atoms with Gasteiger partial charge in [0, 0.05) is 16.0 Å². The molecule has 0 saturated heterocycles. The summed E-state index contributed by atoms with van der Waals surface area (Å²) in [4.78, 5) is 28.7. The van der Waals surface area contributed by atoms with Crippen molar-refractivity contribution in [2.75, 3.05) is 0 Å². The zero-order valence-corrected chi connectivity index (χ0v) is 14.0. The Balaban J connectivity index is 2.29. The first-order valence-electron chi connectivity index (χ1n) is 6.85. The van der Waals surface area contributed by atoms with E-state index in [4.69, 9.17) is 16.7 Å². The van der Waals surface area contributed by atoms with Gasteiger partial charge in [-0.05, 0) is 37.1 Å². The summed E-state index contributed by atoms with van der Waals surface area (Å²) in [6, 6.07) is 5.54. The maximum absolute atomic E-state index is 12.7. The topological polar surface area (TPSA) is 72.2 Å². The van der Waals surface area contributed by atoms with E-state index in [0.717, 1.165) is 16.7 Å². The fourth-order valence-corrected chi connectivity index (χ4v) is 3.57. The van der Waals surface area contributed by atoms with Gasteiger partial charge in [-0.2, -0.15) is 0 Å². The molecule has 0 aliphatic heterocycles. The first-order valence-corrected chi connectivity index (χ1v) is 8.11. The highest BCUT2D eigenvalue weighted by atomic mass is 35.5. The van der Waals surface area contributed by atoms with E-state index in [1.807, 2.05) is 24.4 Å². The Morgan fingerprint density at radius 2 is 2.13 bits per heavy atom. The third kappa shape index (κ3) is 2.75. The smallest absolute Gasteiger partial charge is 0.323 e. The molecule has 0 atom stereocenters. The van der Waals surface area contributed by atoms with Crippen LogP contribution in [-0.2, 0) is 11.3 Å². The van der Waals surface area contributed by atoms with E-state index < -0.39 is 12.5 Å². The van der Waals surface area contributed by atoms with Crippen LogP contribution in [0.25, 0.3) is 21.3 Å². The molecule has 0 bridgehead atoms. The van der Waals surface area contributed by atoms with Crippen molar-refractivity contribution in [3.63, 3.8) is 0 Å². The molecular formula is C16H13ClN2O3S. The average molecular weight is 349 g/mol. The van der Waals surface area contributed by atoms with Crippen molar-refractivity contribution in [1.29, 1.82) is 0 Å². The lowest BCUT2D eigenvalue weighted by molar-refractivity contribution is -0.137. The number of rotatable bonds is 3. The van der Waals surface area contributed by atoms with E-state index in [-0.39, 0.29) is 5.56 Å². The number of carboxylic acids is 1. The standard InChI is InChI=1S/C16H13ClN2O3S/c1-8-5-10(3-4-12(8)17)11-7-23-15-14(11)16(22)19(6-13(20)21)9(2)18-15/h3-5,7H,6H2,1-2H3,(H,20,21). The number of hydrogen-bond donors (Lipinski definition) is 1. The first kappa shape index (κ1) is 15.7. The van der Waals surface area contributed by atoms with E-state index in [1.54, 1.807) is 13.0 Å². The number of halogens is 1. The predicted molar refractivity (Wildman–Crippen MR) is 91.4 cm³/mol. The lowest BCUT2D eigenvalue weighted by Crippen LogP contribution is -2.27. The Morgan fingerprint density at radius 3 is 2.78 bits per heavy atom. The fraction of sp³-hybridized carbons (Fsp3) is 0.188. The van der Waals surface area contributed by atoms with E-state index in [1.165, 1.54) is 15.9 Å². The molecule has 1 N–H and O–H groups in total. The van der Waals surface area contributed by atoms with Gasteiger partial charge in [0.2, 0.25) is 0 Å². The van der Waals surface area contributed by atoms with Crippen LogP contribution >= 0.6 is 22.9 Å². The summed E-state index contributed by atoms with van der Waals surface area (Å²) in [5.41, 5.74) is 2.19. The summed E-state index contributed by atoms with van der Waals surface area (Å²) in [5.74, 6) is -0.680. The Kier molecular flexibility index (Phi) is 3.95. The maximum atomic E-state index is 12.7. The lowest BCUT2D eigenvalue weighted by Gasteiger charge is -2.08. The Labute approximate surface area is 140 Å². The summed E-state index contributed by atoms with van der Waals surface area (Å²) in [6.45, 7) is 3.13. The lowest BCUT2D eigenvalue weighted by atomic mass is 10.0. The van der Waals surface area contributed by atoms with Gasteiger partial charge < -0.3 is 5.11 Å². The molecule has 5 nitrogen and oxygen atoms in total. The Hall–Kier alpha value is -2.18. The van der Waals surface area contributed by atoms with Crippen molar-refractivity contribution < 1.29 is 9.90 Å². The van der Waals surface area contributed by atoms with Gasteiger partial charge in [0.15, 0.2) is 0 Å². The number of carboxylic acid groups (broad SMARTS) is 1. The molecule has 0 spiro atoms. The first-order chi connectivity index (χ1) is 10.9. The molecule has 0 aliphatic rings. The summed E-state index contributed by atoms with van der Waals surface area (Å²) in [5, 5.41) is 12.0. The van der Waals surface area contributed by atoms with Crippen molar-refractivity contribution in [2.24, 2.45) is 0 Å². The molecular weight excluding hydrogens is 336 g/mol. The minimum absolute atomic E-state index is 0.334. The van der Waals surface area contributed by atoms with Crippen LogP contribution in [0.4, 0.5) is 0 Å². The highest BCUT2D eigenvalue weighted by Gasteiger charge is 2.17. The van der Waals surface area contributed by atoms with Crippen LogP contribution in [0, 0.1) is 13.8 Å². The second-order valence-corrected chi connectivity index (χ2v) is 6.50. The second kappa shape index (κ2) is 5.79. The molecule has 0 radical (unpaired) electrons. The molecule has 0 unspecified atom stereocenters. The van der Waals surface area contributed by atoms with Crippen LogP contribution in [0.2, 0.25) is 5.02 Å². The molecule has 118 valence electrons. The number of aryl methyl sites for hydroxylation is 2. The molecule has 3 rings (SSSR count). The van der Waals surface area contributed by atoms with E-state index >= 15 is 0 Å². The fourth-order valence-electron chi connectivity index (χ4n) is 2.47. The summed E-state index contributed by atoms with van der Waals surface area (Å²) in [7, 11) is 0. The van der Waals surface area contributed by atoms with Gasteiger partial charge in [-0.1, -0.05) is 17.7 Å². The maximum Gasteiger partial charge on any atom is 0.323 e. The van der Waals surface area contributed by atoms with Crippen molar-refractivity contribution in [1.82, 2.24) is 9.55 Å². The van der Waals surface area contributed by atoms with Crippen LogP contribution in [0.1, 0.15) is 11.4 Å². The number of nitrogens with zero attached hydrogens (tertiary/aromatic N) is 2. The van der Waals surface area contributed by atoms with Crippen molar-refractivity contribution in [2.45, 2.75) is 20.4 Å². The molecule has 0 aliphatic carbocycles. The number of thiophene rings is 1. The van der Waals surface area contributed by atoms with E-state index in [0.29, 0.717) is 21.1 Å². The van der Waals surface area contributed by atoms with E-state index in [9.17, 15) is 9.59 Å². The SMILES string of the molecule is Cc1cc(-c2csc3nc(C)n(CC(=O)O)c(=O)c23)ccc1Cl. The molecule has 0 amide bonds. The number of carbonyl (C=O) groups is 1. The minimum Gasteiger partial charge on any atom is -0.480 e. The average Bonchev–Trinajstić information content (AvgIpc) is 2.90. The van der Waals surface area contributed by atoms with Gasteiger partial charge in [-0.15, -0.1) is 11.3 Å². The molecule has 3 aromatic rings. The number of aromatic nitrogens is 2. The number of fused-ring (bicyclic) bond motifs is 1. The zero-order chi connectivity index (χ0) is 16.7. The van der Waals surface area contributed by atoms with Crippen molar-refractivity contribution in [3.05, 3.63) is 50.3 Å².